The molecule has 0 saturated carbocycles. The Bertz CT molecular complexity index is 594. The molecule has 0 spiro atoms. The highest BCUT2D eigenvalue weighted by Gasteiger charge is 2.21. The zero-order chi connectivity index (χ0) is 13.9. The molecule has 0 bridgehead atoms. The molecule has 3 rings (SSSR count). The molecule has 0 unspecified atom stereocenters. The lowest BCUT2D eigenvalue weighted by molar-refractivity contribution is 0.322. The quantitative estimate of drug-likeness (QED) is 0.932. The number of hydrogen-bond donors (Lipinski definition) is 1. The number of piperidine rings is 1. The van der Waals surface area contributed by atoms with Crippen molar-refractivity contribution in [3.63, 3.8) is 0 Å². The summed E-state index contributed by atoms with van der Waals surface area (Å²) in [5.41, 5.74) is 0.913. The van der Waals surface area contributed by atoms with Gasteiger partial charge < -0.3 is 14.6 Å². The van der Waals surface area contributed by atoms with E-state index in [9.17, 15) is 0 Å². The summed E-state index contributed by atoms with van der Waals surface area (Å²) in [4.78, 5) is 4.52. The molecule has 2 aromatic rings. The van der Waals surface area contributed by atoms with Gasteiger partial charge in [-0.2, -0.15) is 4.98 Å². The van der Waals surface area contributed by atoms with E-state index in [2.05, 4.69) is 31.4 Å². The van der Waals surface area contributed by atoms with Gasteiger partial charge in [0.2, 0.25) is 11.7 Å². The fourth-order valence-corrected chi connectivity index (χ4v) is 2.93. The second-order valence-corrected chi connectivity index (χ2v) is 5.70. The van der Waals surface area contributed by atoms with Crippen LogP contribution in [0.15, 0.2) is 27.2 Å². The number of hydrogen-bond acceptors (Lipinski definition) is 5. The van der Waals surface area contributed by atoms with Crippen LogP contribution in [0.25, 0.3) is 11.4 Å². The summed E-state index contributed by atoms with van der Waals surface area (Å²) in [7, 11) is 1.64. The van der Waals surface area contributed by atoms with Crippen LogP contribution in [-0.4, -0.2) is 30.3 Å². The molecule has 0 amide bonds. The Balaban J connectivity index is 1.84. The second-order valence-electron chi connectivity index (χ2n) is 4.85. The first kappa shape index (κ1) is 13.6. The summed E-state index contributed by atoms with van der Waals surface area (Å²) in [5.74, 6) is 2.45. The van der Waals surface area contributed by atoms with Crippen molar-refractivity contribution >= 4 is 15.9 Å². The number of aromatic nitrogens is 2. The van der Waals surface area contributed by atoms with Gasteiger partial charge in [0.15, 0.2) is 0 Å². The highest BCUT2D eigenvalue weighted by atomic mass is 79.9. The summed E-state index contributed by atoms with van der Waals surface area (Å²) in [6, 6.07) is 5.75. The monoisotopic (exact) mass is 337 g/mol. The van der Waals surface area contributed by atoms with Crippen molar-refractivity contribution in [2.45, 2.75) is 18.8 Å². The van der Waals surface area contributed by atoms with E-state index in [-0.39, 0.29) is 0 Å². The number of nitrogens with zero attached hydrogens (tertiary/aromatic N) is 2. The first-order valence-electron chi connectivity index (χ1n) is 6.66. The SMILES string of the molecule is COc1ccc(-c2noc([C@H]3CCCNC3)n2)cc1Br. The summed E-state index contributed by atoms with van der Waals surface area (Å²) in [6.45, 7) is 1.98. The number of halogens is 1. The largest absolute Gasteiger partial charge is 0.496 e. The molecule has 20 heavy (non-hydrogen) atoms. The van der Waals surface area contributed by atoms with Crippen LogP contribution in [0.4, 0.5) is 0 Å². The molecular formula is C14H16BrN3O2. The van der Waals surface area contributed by atoms with Gasteiger partial charge in [0.1, 0.15) is 5.75 Å². The fraction of sp³-hybridized carbons (Fsp3) is 0.429. The van der Waals surface area contributed by atoms with Gasteiger partial charge in [-0.15, -0.1) is 0 Å². The maximum absolute atomic E-state index is 5.41. The molecule has 1 N–H and O–H groups in total. The van der Waals surface area contributed by atoms with Gasteiger partial charge in [0, 0.05) is 12.1 Å². The van der Waals surface area contributed by atoms with E-state index in [1.54, 1.807) is 7.11 Å². The predicted octanol–water partition coefficient (Wildman–Crippen LogP) is 2.97. The van der Waals surface area contributed by atoms with E-state index < -0.39 is 0 Å². The first-order chi connectivity index (χ1) is 9.78. The van der Waals surface area contributed by atoms with Crippen molar-refractivity contribution < 1.29 is 9.26 Å². The minimum Gasteiger partial charge on any atom is -0.496 e. The van der Waals surface area contributed by atoms with E-state index in [0.29, 0.717) is 11.7 Å². The summed E-state index contributed by atoms with van der Waals surface area (Å²) in [6.07, 6.45) is 2.25. The van der Waals surface area contributed by atoms with Gasteiger partial charge in [-0.25, -0.2) is 0 Å². The average molecular weight is 338 g/mol. The molecule has 2 heterocycles. The number of nitrogens with one attached hydrogen (secondary N) is 1. The normalized spacial score (nSPS) is 19.0. The zero-order valence-corrected chi connectivity index (χ0v) is 12.8. The van der Waals surface area contributed by atoms with E-state index in [0.717, 1.165) is 47.6 Å². The van der Waals surface area contributed by atoms with Crippen LogP contribution < -0.4 is 10.1 Å². The fourth-order valence-electron chi connectivity index (χ4n) is 2.39. The summed E-state index contributed by atoms with van der Waals surface area (Å²) >= 11 is 3.47. The van der Waals surface area contributed by atoms with Gasteiger partial charge in [-0.05, 0) is 53.5 Å². The third-order valence-corrected chi connectivity index (χ3v) is 4.12. The second kappa shape index (κ2) is 5.93. The Morgan fingerprint density at radius 1 is 1.45 bits per heavy atom. The molecule has 0 aliphatic carbocycles. The van der Waals surface area contributed by atoms with Crippen LogP contribution >= 0.6 is 15.9 Å². The van der Waals surface area contributed by atoms with Crippen LogP contribution in [0.1, 0.15) is 24.7 Å². The lowest BCUT2D eigenvalue weighted by atomic mass is 10.00. The molecule has 6 heteroatoms. The molecule has 1 fully saturated rings. The standard InChI is InChI=1S/C14H16BrN3O2/c1-19-12-5-4-9(7-11(12)15)13-17-14(20-18-13)10-3-2-6-16-8-10/h4-5,7,10,16H,2-3,6,8H2,1H3/t10-/m0/s1. The molecule has 5 nitrogen and oxygen atoms in total. The van der Waals surface area contributed by atoms with Crippen molar-refractivity contribution in [1.82, 2.24) is 15.5 Å². The molecule has 1 aromatic heterocycles. The molecule has 1 atom stereocenters. The van der Waals surface area contributed by atoms with E-state index in [4.69, 9.17) is 9.26 Å². The summed E-state index contributed by atoms with van der Waals surface area (Å²) in [5, 5.41) is 7.44. The summed E-state index contributed by atoms with van der Waals surface area (Å²) < 4.78 is 11.5. The molecule has 0 radical (unpaired) electrons. The van der Waals surface area contributed by atoms with Crippen LogP contribution in [0.3, 0.4) is 0 Å². The van der Waals surface area contributed by atoms with Gasteiger partial charge in [-0.1, -0.05) is 5.16 Å². The minimum atomic E-state index is 0.326. The van der Waals surface area contributed by atoms with Crippen molar-refractivity contribution in [3.05, 3.63) is 28.6 Å². The number of ether oxygens (including phenoxy) is 1. The minimum absolute atomic E-state index is 0.326. The van der Waals surface area contributed by atoms with Gasteiger partial charge in [0.25, 0.3) is 0 Å². The highest BCUT2D eigenvalue weighted by Crippen LogP contribution is 2.30. The van der Waals surface area contributed by atoms with E-state index in [1.807, 2.05) is 18.2 Å². The topological polar surface area (TPSA) is 60.2 Å². The Labute approximate surface area is 125 Å². The average Bonchev–Trinajstić information content (AvgIpc) is 2.98. The number of rotatable bonds is 3. The van der Waals surface area contributed by atoms with E-state index >= 15 is 0 Å². The van der Waals surface area contributed by atoms with Crippen LogP contribution in [0, 0.1) is 0 Å². The van der Waals surface area contributed by atoms with Crippen molar-refractivity contribution in [3.8, 4) is 17.1 Å². The Morgan fingerprint density at radius 2 is 2.35 bits per heavy atom. The lowest BCUT2D eigenvalue weighted by Gasteiger charge is -2.18. The maximum Gasteiger partial charge on any atom is 0.231 e. The third-order valence-electron chi connectivity index (χ3n) is 3.50. The number of benzene rings is 1. The van der Waals surface area contributed by atoms with Crippen molar-refractivity contribution in [1.29, 1.82) is 0 Å². The maximum atomic E-state index is 5.41. The molecule has 1 aliphatic heterocycles. The molecule has 1 aromatic carbocycles. The first-order valence-corrected chi connectivity index (χ1v) is 7.45. The smallest absolute Gasteiger partial charge is 0.231 e. The Hall–Kier alpha value is -1.40. The van der Waals surface area contributed by atoms with Gasteiger partial charge in [0.05, 0.1) is 17.5 Å². The van der Waals surface area contributed by atoms with Crippen LogP contribution in [-0.2, 0) is 0 Å². The van der Waals surface area contributed by atoms with E-state index in [1.165, 1.54) is 0 Å². The highest BCUT2D eigenvalue weighted by molar-refractivity contribution is 9.10. The van der Waals surface area contributed by atoms with Crippen LogP contribution in [0.2, 0.25) is 0 Å². The lowest BCUT2D eigenvalue weighted by Crippen LogP contribution is -2.28. The number of methoxy groups -OCH3 is 1. The Kier molecular flexibility index (Phi) is 4.03. The third kappa shape index (κ3) is 2.71. The zero-order valence-electron chi connectivity index (χ0n) is 11.2. The van der Waals surface area contributed by atoms with Gasteiger partial charge in [-0.3, -0.25) is 0 Å². The molecule has 1 aliphatic rings. The predicted molar refractivity (Wildman–Crippen MR) is 78.8 cm³/mol. The van der Waals surface area contributed by atoms with Crippen molar-refractivity contribution in [2.75, 3.05) is 20.2 Å². The Morgan fingerprint density at radius 3 is 3.05 bits per heavy atom. The molecular weight excluding hydrogens is 322 g/mol. The molecule has 106 valence electrons. The molecule has 1 saturated heterocycles. The van der Waals surface area contributed by atoms with Crippen molar-refractivity contribution in [2.24, 2.45) is 0 Å². The van der Waals surface area contributed by atoms with Crippen LogP contribution in [0.5, 0.6) is 5.75 Å². The van der Waals surface area contributed by atoms with Gasteiger partial charge >= 0.3 is 0 Å².